The minimum atomic E-state index is -0.589. The predicted molar refractivity (Wildman–Crippen MR) is 176 cm³/mol. The second kappa shape index (κ2) is 13.7. The summed E-state index contributed by atoms with van der Waals surface area (Å²) in [6, 6.07) is 25.2. The number of rotatable bonds is 9. The third-order valence-electron chi connectivity index (χ3n) is 7.42. The van der Waals surface area contributed by atoms with E-state index < -0.39 is 11.9 Å². The van der Waals surface area contributed by atoms with E-state index in [4.69, 9.17) is 52.6 Å². The van der Waals surface area contributed by atoms with Gasteiger partial charge in [-0.25, -0.2) is 4.79 Å². The van der Waals surface area contributed by atoms with Crippen LogP contribution in [0.25, 0.3) is 0 Å². The first-order valence-electron chi connectivity index (χ1n) is 14.4. The number of fused-ring (bicyclic) bond motifs is 1. The van der Waals surface area contributed by atoms with E-state index >= 15 is 0 Å². The molecule has 46 heavy (non-hydrogen) atoms. The molecule has 4 aromatic rings. The van der Waals surface area contributed by atoms with Gasteiger partial charge in [0.25, 0.3) is 0 Å². The van der Waals surface area contributed by atoms with Gasteiger partial charge in [0.05, 0.1) is 13.0 Å². The van der Waals surface area contributed by atoms with Crippen LogP contribution in [-0.2, 0) is 16.8 Å². The highest BCUT2D eigenvalue weighted by Gasteiger charge is 2.32. The van der Waals surface area contributed by atoms with Crippen molar-refractivity contribution in [3.63, 3.8) is 0 Å². The van der Waals surface area contributed by atoms with Crippen molar-refractivity contribution in [3.05, 3.63) is 123 Å². The number of hydrogen-bond donors (Lipinski definition) is 1. The second-order valence-electron chi connectivity index (χ2n) is 11.6. The van der Waals surface area contributed by atoms with Gasteiger partial charge in [0, 0.05) is 27.2 Å². The summed E-state index contributed by atoms with van der Waals surface area (Å²) in [6.45, 7) is 6.28. The molecule has 1 unspecified atom stereocenters. The number of hydrogen-bond acceptors (Lipinski definition) is 8. The average molecular weight is 660 g/mol. The molecule has 0 radical (unpaired) electrons. The molecule has 1 heterocycles. The van der Waals surface area contributed by atoms with Gasteiger partial charge in [-0.2, -0.15) is 5.26 Å². The highest BCUT2D eigenvalue weighted by atomic mass is 35.5. The first-order chi connectivity index (χ1) is 22.0. The van der Waals surface area contributed by atoms with Gasteiger partial charge in [-0.15, -0.1) is 0 Å². The number of halogens is 2. The molecular formula is C36H32Cl2N2O6. The van der Waals surface area contributed by atoms with Crippen molar-refractivity contribution in [2.75, 3.05) is 13.7 Å². The Balaban J connectivity index is 1.32. The van der Waals surface area contributed by atoms with Crippen molar-refractivity contribution in [1.82, 2.24) is 0 Å². The summed E-state index contributed by atoms with van der Waals surface area (Å²) in [5, 5.41) is 11.0. The van der Waals surface area contributed by atoms with Crippen LogP contribution in [0.4, 0.5) is 0 Å². The quantitative estimate of drug-likeness (QED) is 0.142. The van der Waals surface area contributed by atoms with Gasteiger partial charge in [0.15, 0.2) is 18.1 Å². The predicted octanol–water partition coefficient (Wildman–Crippen LogP) is 8.08. The average Bonchev–Trinajstić information content (AvgIpc) is 3.02. The van der Waals surface area contributed by atoms with Gasteiger partial charge in [-0.05, 0) is 59.0 Å². The van der Waals surface area contributed by atoms with Gasteiger partial charge in [0.1, 0.15) is 35.5 Å². The molecule has 5 rings (SSSR count). The molecule has 0 saturated heterocycles. The lowest BCUT2D eigenvalue weighted by Crippen LogP contribution is -2.22. The molecule has 0 aliphatic carbocycles. The van der Waals surface area contributed by atoms with E-state index in [1.807, 2.05) is 30.3 Å². The molecule has 0 aromatic heterocycles. The first-order valence-corrected chi connectivity index (χ1v) is 15.1. The molecule has 0 amide bonds. The van der Waals surface area contributed by atoms with Gasteiger partial charge in [-0.1, -0.05) is 74.3 Å². The van der Waals surface area contributed by atoms with E-state index in [-0.39, 0.29) is 35.8 Å². The fourth-order valence-electron chi connectivity index (χ4n) is 4.97. The van der Waals surface area contributed by atoms with E-state index in [2.05, 4.69) is 26.8 Å². The van der Waals surface area contributed by atoms with E-state index in [0.717, 1.165) is 11.1 Å². The summed E-state index contributed by atoms with van der Waals surface area (Å²) in [4.78, 5) is 12.6. The maximum absolute atomic E-state index is 12.6. The Morgan fingerprint density at radius 2 is 1.67 bits per heavy atom. The molecule has 1 aliphatic heterocycles. The molecule has 4 aromatic carbocycles. The first kappa shape index (κ1) is 32.6. The third-order valence-corrected chi connectivity index (χ3v) is 8.01. The molecule has 0 saturated carbocycles. The molecule has 1 aliphatic rings. The van der Waals surface area contributed by atoms with Crippen molar-refractivity contribution in [1.29, 1.82) is 5.26 Å². The molecular weight excluding hydrogens is 627 g/mol. The Hall–Kier alpha value is -4.84. The number of methoxy groups -OCH3 is 1. The Bertz CT molecular complexity index is 1840. The molecule has 8 nitrogen and oxygen atoms in total. The van der Waals surface area contributed by atoms with Crippen LogP contribution < -0.4 is 29.4 Å². The number of nitrogens with zero attached hydrogens (tertiary/aromatic N) is 1. The Kier molecular flexibility index (Phi) is 9.66. The van der Waals surface area contributed by atoms with Gasteiger partial charge < -0.3 is 29.4 Å². The van der Waals surface area contributed by atoms with Crippen LogP contribution in [0.15, 0.2) is 90.3 Å². The molecule has 0 fully saturated rings. The lowest BCUT2D eigenvalue weighted by molar-refractivity contribution is -0.136. The lowest BCUT2D eigenvalue weighted by Gasteiger charge is -2.27. The van der Waals surface area contributed by atoms with Crippen molar-refractivity contribution < 1.29 is 28.5 Å². The van der Waals surface area contributed by atoms with Crippen molar-refractivity contribution in [2.24, 2.45) is 5.73 Å². The number of benzene rings is 4. The highest BCUT2D eigenvalue weighted by Crippen LogP contribution is 2.45. The monoisotopic (exact) mass is 658 g/mol. The van der Waals surface area contributed by atoms with Gasteiger partial charge in [0.2, 0.25) is 5.88 Å². The summed E-state index contributed by atoms with van der Waals surface area (Å²) in [7, 11) is 1.53. The molecule has 0 bridgehead atoms. The number of carbonyl (C=O) groups is 1. The number of nitriles is 1. The molecule has 1 atom stereocenters. The minimum absolute atomic E-state index is 0.00917. The van der Waals surface area contributed by atoms with E-state index in [9.17, 15) is 10.1 Å². The SMILES string of the molecule is COc1cc(C2C(C#N)=C(N)Oc3cc(OC(=O)COc4ccc(C(C)(C)C)cc4)ccc32)ccc1OCc1ccc(Cl)cc1Cl. The van der Waals surface area contributed by atoms with E-state index in [1.165, 1.54) is 7.11 Å². The van der Waals surface area contributed by atoms with Crippen molar-refractivity contribution in [2.45, 2.75) is 38.7 Å². The number of esters is 1. The topological polar surface area (TPSA) is 113 Å². The summed E-state index contributed by atoms with van der Waals surface area (Å²) < 4.78 is 28.6. The van der Waals surface area contributed by atoms with E-state index in [0.29, 0.717) is 44.2 Å². The zero-order valence-corrected chi connectivity index (χ0v) is 27.2. The molecule has 236 valence electrons. The van der Waals surface area contributed by atoms with Crippen LogP contribution in [0, 0.1) is 11.3 Å². The standard InChI is InChI=1S/C36H32Cl2N2O6/c1-36(2,3)23-7-10-25(11-8-23)43-20-33(41)45-26-12-13-27-31(17-26)46-35(40)28(18-39)34(27)21-6-14-30(32(15-21)42-4)44-19-22-5-9-24(37)16-29(22)38/h5-17,34H,19-20,40H2,1-4H3. The third kappa shape index (κ3) is 7.34. The molecule has 2 N–H and O–H groups in total. The summed E-state index contributed by atoms with van der Waals surface area (Å²) in [5.74, 6) is 0.859. The largest absolute Gasteiger partial charge is 0.493 e. The Morgan fingerprint density at radius 1 is 0.935 bits per heavy atom. The summed E-state index contributed by atoms with van der Waals surface area (Å²) in [5.41, 5.74) is 9.73. The maximum atomic E-state index is 12.6. The fourth-order valence-corrected chi connectivity index (χ4v) is 5.44. The van der Waals surface area contributed by atoms with Gasteiger partial charge >= 0.3 is 5.97 Å². The number of ether oxygens (including phenoxy) is 5. The smallest absolute Gasteiger partial charge is 0.349 e. The van der Waals surface area contributed by atoms with Crippen LogP contribution in [0.5, 0.6) is 28.7 Å². The molecule has 10 heteroatoms. The maximum Gasteiger partial charge on any atom is 0.349 e. The van der Waals surface area contributed by atoms with Crippen molar-refractivity contribution >= 4 is 29.2 Å². The van der Waals surface area contributed by atoms with E-state index in [1.54, 1.807) is 48.5 Å². The van der Waals surface area contributed by atoms with Crippen LogP contribution in [0.3, 0.4) is 0 Å². The van der Waals surface area contributed by atoms with Crippen LogP contribution in [0.1, 0.15) is 48.9 Å². The fraction of sp³-hybridized carbons (Fsp3) is 0.222. The molecule has 0 spiro atoms. The number of nitrogens with two attached hydrogens (primary N) is 1. The highest BCUT2D eigenvalue weighted by molar-refractivity contribution is 6.35. The summed E-state index contributed by atoms with van der Waals surface area (Å²) >= 11 is 12.3. The van der Waals surface area contributed by atoms with Crippen LogP contribution >= 0.6 is 23.2 Å². The second-order valence-corrected chi connectivity index (χ2v) is 12.4. The van der Waals surface area contributed by atoms with Gasteiger partial charge in [-0.3, -0.25) is 0 Å². The Labute approximate surface area is 277 Å². The normalized spacial score (nSPS) is 14.1. The zero-order valence-electron chi connectivity index (χ0n) is 25.7. The lowest BCUT2D eigenvalue weighted by atomic mass is 9.83. The minimum Gasteiger partial charge on any atom is -0.493 e. The summed E-state index contributed by atoms with van der Waals surface area (Å²) in [6.07, 6.45) is 0. The van der Waals surface area contributed by atoms with Crippen LogP contribution in [-0.4, -0.2) is 19.7 Å². The zero-order chi connectivity index (χ0) is 33.0. The van der Waals surface area contributed by atoms with Crippen LogP contribution in [0.2, 0.25) is 10.0 Å². The Morgan fingerprint density at radius 3 is 2.35 bits per heavy atom. The van der Waals surface area contributed by atoms with Crippen molar-refractivity contribution in [3.8, 4) is 34.8 Å². The number of carbonyl (C=O) groups excluding carboxylic acids is 1. The number of allylic oxidation sites excluding steroid dienone is 1.